The molecular weight excluding hydrogens is 291 g/mol. The summed E-state index contributed by atoms with van der Waals surface area (Å²) in [5.74, 6) is -0.443. The summed E-state index contributed by atoms with van der Waals surface area (Å²) >= 11 is 3.29. The second-order valence-electron chi connectivity index (χ2n) is 1.92. The van der Waals surface area contributed by atoms with Gasteiger partial charge in [-0.2, -0.15) is 0 Å². The van der Waals surface area contributed by atoms with Crippen LogP contribution in [-0.4, -0.2) is 11.9 Å². The molecule has 0 saturated heterocycles. The highest BCUT2D eigenvalue weighted by Crippen LogP contribution is 2.18. The van der Waals surface area contributed by atoms with E-state index >= 15 is 0 Å². The second-order valence-corrected chi connectivity index (χ2v) is 3.99. The highest BCUT2D eigenvalue weighted by atomic mass is 127. The van der Waals surface area contributed by atoms with Crippen molar-refractivity contribution in [3.8, 4) is 0 Å². The summed E-state index contributed by atoms with van der Waals surface area (Å²) in [5, 5.41) is 3.77. The maximum absolute atomic E-state index is 11.1. The third kappa shape index (κ3) is 2.18. The lowest BCUT2D eigenvalue weighted by Gasteiger charge is -1.96. The summed E-state index contributed by atoms with van der Waals surface area (Å²) in [6.45, 7) is 0. The van der Waals surface area contributed by atoms with Gasteiger partial charge < -0.3 is 5.73 Å². The summed E-state index contributed by atoms with van der Waals surface area (Å²) in [6.07, 6.45) is 0. The van der Waals surface area contributed by atoms with E-state index in [1.807, 2.05) is 27.9 Å². The molecule has 0 spiro atoms. The van der Waals surface area contributed by atoms with E-state index in [4.69, 9.17) is 5.73 Å². The fraction of sp³-hybridized carbons (Fsp3) is 0. The summed E-state index contributed by atoms with van der Waals surface area (Å²) in [5.41, 5.74) is 4.78. The Morgan fingerprint density at radius 2 is 2.25 bits per heavy atom. The molecule has 0 aromatic carbocycles. The Bertz CT molecular complexity index is 323. The van der Waals surface area contributed by atoms with Crippen LogP contribution in [0.25, 0.3) is 0 Å². The number of carbonyl (C=O) groups excluding carboxylic acids is 2. The van der Waals surface area contributed by atoms with Crippen molar-refractivity contribution in [2.24, 2.45) is 5.73 Å². The molecule has 1 rings (SSSR count). The molecule has 12 heavy (non-hydrogen) atoms. The Kier molecular flexibility index (Phi) is 3.04. The van der Waals surface area contributed by atoms with Crippen molar-refractivity contribution in [3.63, 3.8) is 0 Å². The van der Waals surface area contributed by atoms with Crippen LogP contribution in [0.15, 0.2) is 11.4 Å². The average molecular weight is 296 g/mol. The van der Waals surface area contributed by atoms with Gasteiger partial charge in [-0.05, 0) is 34.0 Å². The molecule has 3 N–H and O–H groups in total. The Balaban J connectivity index is 2.78. The van der Waals surface area contributed by atoms with Gasteiger partial charge in [-0.25, -0.2) is 4.79 Å². The SMILES string of the molecule is NC(=O)NC(=O)c1sccc1I. The van der Waals surface area contributed by atoms with E-state index < -0.39 is 11.9 Å². The van der Waals surface area contributed by atoms with Gasteiger partial charge in [-0.3, -0.25) is 10.1 Å². The summed E-state index contributed by atoms with van der Waals surface area (Å²) in [6, 6.07) is 0.963. The van der Waals surface area contributed by atoms with Gasteiger partial charge in [0.15, 0.2) is 0 Å². The number of amides is 3. The van der Waals surface area contributed by atoms with Gasteiger partial charge in [0.1, 0.15) is 4.88 Å². The number of rotatable bonds is 1. The van der Waals surface area contributed by atoms with Crippen LogP contribution >= 0.6 is 33.9 Å². The molecule has 0 aliphatic heterocycles. The van der Waals surface area contributed by atoms with Crippen molar-refractivity contribution in [2.75, 3.05) is 0 Å². The number of nitrogens with one attached hydrogen (secondary N) is 1. The number of imide groups is 1. The first-order valence-corrected chi connectivity index (χ1v) is 4.91. The van der Waals surface area contributed by atoms with Gasteiger partial charge in [-0.1, -0.05) is 0 Å². The Hall–Kier alpha value is -0.630. The Morgan fingerprint density at radius 3 is 2.67 bits per heavy atom. The molecule has 0 unspecified atom stereocenters. The van der Waals surface area contributed by atoms with Crippen LogP contribution in [-0.2, 0) is 0 Å². The maximum Gasteiger partial charge on any atom is 0.319 e. The first-order valence-electron chi connectivity index (χ1n) is 2.95. The topological polar surface area (TPSA) is 72.2 Å². The van der Waals surface area contributed by atoms with E-state index in [1.54, 1.807) is 11.4 Å². The molecule has 0 atom stereocenters. The highest BCUT2D eigenvalue weighted by Gasteiger charge is 2.12. The van der Waals surface area contributed by atoms with Crippen molar-refractivity contribution in [1.29, 1.82) is 0 Å². The molecule has 1 aromatic heterocycles. The van der Waals surface area contributed by atoms with Gasteiger partial charge in [0.25, 0.3) is 5.91 Å². The van der Waals surface area contributed by atoms with E-state index in [1.165, 1.54) is 11.3 Å². The summed E-state index contributed by atoms with van der Waals surface area (Å²) in [4.78, 5) is 21.9. The summed E-state index contributed by atoms with van der Waals surface area (Å²) < 4.78 is 0.816. The molecule has 64 valence electrons. The zero-order valence-electron chi connectivity index (χ0n) is 5.83. The lowest BCUT2D eigenvalue weighted by atomic mass is 10.4. The first kappa shape index (κ1) is 9.46. The lowest BCUT2D eigenvalue weighted by molar-refractivity contribution is 0.0969. The van der Waals surface area contributed by atoms with E-state index in [2.05, 4.69) is 0 Å². The van der Waals surface area contributed by atoms with Crippen molar-refractivity contribution in [2.45, 2.75) is 0 Å². The smallest absolute Gasteiger partial charge is 0.319 e. The van der Waals surface area contributed by atoms with Crippen LogP contribution in [0.1, 0.15) is 9.67 Å². The van der Waals surface area contributed by atoms with Crippen LogP contribution in [0.3, 0.4) is 0 Å². The largest absolute Gasteiger partial charge is 0.351 e. The van der Waals surface area contributed by atoms with E-state index in [9.17, 15) is 9.59 Å². The zero-order chi connectivity index (χ0) is 9.14. The lowest BCUT2D eigenvalue weighted by Crippen LogP contribution is -2.34. The third-order valence-corrected chi connectivity index (χ3v) is 3.24. The number of nitrogens with two attached hydrogens (primary N) is 1. The van der Waals surface area contributed by atoms with Gasteiger partial charge >= 0.3 is 6.03 Å². The molecule has 0 fully saturated rings. The molecule has 1 aromatic rings. The minimum absolute atomic E-state index is 0.443. The minimum Gasteiger partial charge on any atom is -0.351 e. The number of halogens is 1. The predicted molar refractivity (Wildman–Crippen MR) is 54.1 cm³/mol. The quantitative estimate of drug-likeness (QED) is 0.763. The van der Waals surface area contributed by atoms with Crippen LogP contribution in [0.2, 0.25) is 0 Å². The minimum atomic E-state index is -0.829. The van der Waals surface area contributed by atoms with E-state index in [0.717, 1.165) is 3.57 Å². The van der Waals surface area contributed by atoms with E-state index in [-0.39, 0.29) is 0 Å². The molecule has 0 saturated carbocycles. The standard InChI is InChI=1S/C6H5IN2O2S/c7-3-1-2-12-4(3)5(10)9-6(8)11/h1-2H,(H3,8,9,10,11). The average Bonchev–Trinajstić information content (AvgIpc) is 2.33. The van der Waals surface area contributed by atoms with Crippen molar-refractivity contribution < 1.29 is 9.59 Å². The van der Waals surface area contributed by atoms with Crippen LogP contribution in [0, 0.1) is 3.57 Å². The molecule has 4 nitrogen and oxygen atoms in total. The van der Waals surface area contributed by atoms with E-state index in [0.29, 0.717) is 4.88 Å². The fourth-order valence-corrected chi connectivity index (χ4v) is 2.35. The molecule has 1 heterocycles. The second kappa shape index (κ2) is 3.85. The number of hydrogen-bond acceptors (Lipinski definition) is 3. The molecule has 0 aliphatic rings. The van der Waals surface area contributed by atoms with Gasteiger partial charge in [0.2, 0.25) is 0 Å². The Labute approximate surface area is 86.3 Å². The van der Waals surface area contributed by atoms with Crippen molar-refractivity contribution in [3.05, 3.63) is 19.9 Å². The van der Waals surface area contributed by atoms with Gasteiger partial charge in [0, 0.05) is 3.57 Å². The predicted octanol–water partition coefficient (Wildman–Crippen LogP) is 1.16. The Morgan fingerprint density at radius 1 is 1.58 bits per heavy atom. The number of primary amides is 1. The van der Waals surface area contributed by atoms with Crippen LogP contribution < -0.4 is 11.1 Å². The molecular formula is C6H5IN2O2S. The van der Waals surface area contributed by atoms with Crippen LogP contribution in [0.4, 0.5) is 4.79 Å². The molecule has 6 heteroatoms. The number of hydrogen-bond donors (Lipinski definition) is 2. The van der Waals surface area contributed by atoms with Crippen molar-refractivity contribution >= 4 is 45.9 Å². The number of carbonyl (C=O) groups is 2. The van der Waals surface area contributed by atoms with Gasteiger partial charge in [-0.15, -0.1) is 11.3 Å². The van der Waals surface area contributed by atoms with Crippen LogP contribution in [0.5, 0.6) is 0 Å². The molecule has 0 bridgehead atoms. The highest BCUT2D eigenvalue weighted by molar-refractivity contribution is 14.1. The number of thiophene rings is 1. The normalized spacial score (nSPS) is 9.42. The monoisotopic (exact) mass is 296 g/mol. The molecule has 0 aliphatic carbocycles. The third-order valence-electron chi connectivity index (χ3n) is 1.06. The number of urea groups is 1. The van der Waals surface area contributed by atoms with Gasteiger partial charge in [0.05, 0.1) is 0 Å². The molecule has 0 radical (unpaired) electrons. The maximum atomic E-state index is 11.1. The first-order chi connectivity index (χ1) is 5.61. The summed E-state index contributed by atoms with van der Waals surface area (Å²) in [7, 11) is 0. The van der Waals surface area contributed by atoms with Crippen molar-refractivity contribution in [1.82, 2.24) is 5.32 Å². The molecule has 3 amide bonds. The zero-order valence-corrected chi connectivity index (χ0v) is 8.81. The fourth-order valence-electron chi connectivity index (χ4n) is 0.624.